The van der Waals surface area contributed by atoms with Crippen molar-refractivity contribution in [2.75, 3.05) is 26.4 Å². The van der Waals surface area contributed by atoms with E-state index in [-0.39, 0.29) is 25.8 Å². The topological polar surface area (TPSA) is 108 Å². The Kier molecular flexibility index (Phi) is 7.41. The fraction of sp³-hybridized carbons (Fsp3) is 0.571. The highest BCUT2D eigenvalue weighted by Gasteiger charge is 2.34. The zero-order chi connectivity index (χ0) is 16.5. The Labute approximate surface area is 129 Å². The summed E-state index contributed by atoms with van der Waals surface area (Å²) >= 11 is 0. The Morgan fingerprint density at radius 2 is 2.32 bits per heavy atom. The van der Waals surface area contributed by atoms with Gasteiger partial charge in [0.05, 0.1) is 18.3 Å². The summed E-state index contributed by atoms with van der Waals surface area (Å²) in [7, 11) is 0. The SMILES string of the molecule is C=C1COC(=O)N1.C=CCOC(=O)N1C[C@H](O)C[C@@H]1CCO. The van der Waals surface area contributed by atoms with Crippen molar-refractivity contribution in [3.05, 3.63) is 24.9 Å². The maximum Gasteiger partial charge on any atom is 0.411 e. The number of nitrogens with one attached hydrogen (secondary N) is 1. The molecule has 0 aliphatic carbocycles. The van der Waals surface area contributed by atoms with Crippen LogP contribution in [-0.2, 0) is 9.47 Å². The lowest BCUT2D eigenvalue weighted by Crippen LogP contribution is -2.37. The Morgan fingerprint density at radius 3 is 2.77 bits per heavy atom. The van der Waals surface area contributed by atoms with Crippen LogP contribution in [0.1, 0.15) is 12.8 Å². The molecular weight excluding hydrogens is 292 g/mol. The molecule has 2 amide bonds. The van der Waals surface area contributed by atoms with Crippen molar-refractivity contribution in [2.24, 2.45) is 0 Å². The van der Waals surface area contributed by atoms with Crippen molar-refractivity contribution in [1.82, 2.24) is 10.2 Å². The van der Waals surface area contributed by atoms with Gasteiger partial charge in [0.2, 0.25) is 0 Å². The quantitative estimate of drug-likeness (QED) is 0.647. The van der Waals surface area contributed by atoms with Gasteiger partial charge >= 0.3 is 12.2 Å². The fourth-order valence-electron chi connectivity index (χ4n) is 2.12. The molecule has 0 unspecified atom stereocenters. The van der Waals surface area contributed by atoms with Crippen molar-refractivity contribution in [3.8, 4) is 0 Å². The van der Waals surface area contributed by atoms with Crippen LogP contribution >= 0.6 is 0 Å². The highest BCUT2D eigenvalue weighted by Crippen LogP contribution is 2.21. The first kappa shape index (κ1) is 18.0. The molecule has 0 aromatic heterocycles. The molecule has 0 bridgehead atoms. The molecule has 2 fully saturated rings. The average molecular weight is 314 g/mol. The van der Waals surface area contributed by atoms with Crippen molar-refractivity contribution < 1.29 is 29.3 Å². The number of amides is 2. The molecule has 0 saturated carbocycles. The van der Waals surface area contributed by atoms with E-state index in [0.29, 0.717) is 25.1 Å². The third kappa shape index (κ3) is 5.74. The van der Waals surface area contributed by atoms with Crippen LogP contribution in [0.2, 0.25) is 0 Å². The standard InChI is InChI=1S/C10H17NO4.C4H5NO2/c1-2-5-15-10(14)11-7-9(13)6-8(11)3-4-12;1-3-2-7-4(6)5-3/h2,8-9,12-13H,1,3-7H2;1-2H2,(H,5,6)/t8-,9+;/m0./s1. The first-order valence-electron chi connectivity index (χ1n) is 6.92. The molecule has 2 saturated heterocycles. The highest BCUT2D eigenvalue weighted by molar-refractivity contribution is 5.72. The minimum Gasteiger partial charge on any atom is -0.445 e. The zero-order valence-corrected chi connectivity index (χ0v) is 12.4. The van der Waals surface area contributed by atoms with Crippen molar-refractivity contribution in [1.29, 1.82) is 0 Å². The molecular formula is C14H22N2O6. The Morgan fingerprint density at radius 1 is 1.59 bits per heavy atom. The summed E-state index contributed by atoms with van der Waals surface area (Å²) in [5.41, 5.74) is 0.630. The second-order valence-electron chi connectivity index (χ2n) is 4.88. The molecule has 8 nitrogen and oxygen atoms in total. The van der Waals surface area contributed by atoms with Crippen molar-refractivity contribution >= 4 is 12.2 Å². The number of hydrogen-bond acceptors (Lipinski definition) is 6. The highest BCUT2D eigenvalue weighted by atomic mass is 16.6. The Balaban J connectivity index is 0.000000287. The molecule has 2 heterocycles. The molecule has 2 aliphatic rings. The first-order valence-corrected chi connectivity index (χ1v) is 6.92. The lowest BCUT2D eigenvalue weighted by molar-refractivity contribution is 0.0979. The summed E-state index contributed by atoms with van der Waals surface area (Å²) in [6.45, 7) is 7.66. The second-order valence-corrected chi connectivity index (χ2v) is 4.88. The summed E-state index contributed by atoms with van der Waals surface area (Å²) in [6.07, 6.45) is 1.10. The molecule has 22 heavy (non-hydrogen) atoms. The number of aliphatic hydroxyl groups is 2. The van der Waals surface area contributed by atoms with Crippen molar-refractivity contribution in [2.45, 2.75) is 25.0 Å². The predicted molar refractivity (Wildman–Crippen MR) is 78.0 cm³/mol. The van der Waals surface area contributed by atoms with Crippen LogP contribution in [-0.4, -0.2) is 65.8 Å². The zero-order valence-electron chi connectivity index (χ0n) is 12.4. The van der Waals surface area contributed by atoms with E-state index in [0.717, 1.165) is 0 Å². The maximum atomic E-state index is 11.5. The van der Waals surface area contributed by atoms with Gasteiger partial charge in [-0.25, -0.2) is 9.59 Å². The van der Waals surface area contributed by atoms with Gasteiger partial charge in [-0.15, -0.1) is 0 Å². The van der Waals surface area contributed by atoms with Crippen LogP contribution in [0.4, 0.5) is 9.59 Å². The molecule has 2 aliphatic heterocycles. The van der Waals surface area contributed by atoms with Gasteiger partial charge in [-0.3, -0.25) is 5.32 Å². The molecule has 0 aromatic rings. The number of carbonyl (C=O) groups excluding carboxylic acids is 2. The predicted octanol–water partition coefficient (Wildman–Crippen LogP) is 0.366. The first-order chi connectivity index (χ1) is 10.5. The molecule has 0 radical (unpaired) electrons. The summed E-state index contributed by atoms with van der Waals surface area (Å²) in [5.74, 6) is 0. The van der Waals surface area contributed by atoms with Crippen LogP contribution in [0.15, 0.2) is 24.9 Å². The van der Waals surface area contributed by atoms with E-state index in [9.17, 15) is 14.7 Å². The third-order valence-corrected chi connectivity index (χ3v) is 3.07. The van der Waals surface area contributed by atoms with E-state index < -0.39 is 18.3 Å². The number of hydrogen-bond donors (Lipinski definition) is 3. The van der Waals surface area contributed by atoms with E-state index in [4.69, 9.17) is 9.84 Å². The fourth-order valence-corrected chi connectivity index (χ4v) is 2.12. The van der Waals surface area contributed by atoms with Gasteiger partial charge in [-0.1, -0.05) is 19.2 Å². The van der Waals surface area contributed by atoms with E-state index >= 15 is 0 Å². The number of cyclic esters (lactones) is 1. The van der Waals surface area contributed by atoms with Crippen LogP contribution in [0, 0.1) is 0 Å². The van der Waals surface area contributed by atoms with Crippen LogP contribution < -0.4 is 5.32 Å². The molecule has 0 spiro atoms. The van der Waals surface area contributed by atoms with Gasteiger partial charge in [0.15, 0.2) is 0 Å². The largest absolute Gasteiger partial charge is 0.445 e. The monoisotopic (exact) mass is 314 g/mol. The van der Waals surface area contributed by atoms with Gasteiger partial charge in [-0.2, -0.15) is 0 Å². The van der Waals surface area contributed by atoms with E-state index in [2.05, 4.69) is 23.2 Å². The molecule has 2 atom stereocenters. The Bertz CT molecular complexity index is 412. The van der Waals surface area contributed by atoms with E-state index in [1.807, 2.05) is 0 Å². The molecule has 2 rings (SSSR count). The van der Waals surface area contributed by atoms with Crippen LogP contribution in [0.25, 0.3) is 0 Å². The smallest absolute Gasteiger partial charge is 0.411 e. The van der Waals surface area contributed by atoms with Gasteiger partial charge in [0.25, 0.3) is 0 Å². The second kappa shape index (κ2) is 9.06. The summed E-state index contributed by atoms with van der Waals surface area (Å²) < 4.78 is 9.29. The lowest BCUT2D eigenvalue weighted by Gasteiger charge is -2.22. The average Bonchev–Trinajstić information content (AvgIpc) is 3.02. The minimum absolute atomic E-state index is 0.00260. The maximum absolute atomic E-state index is 11.5. The summed E-state index contributed by atoms with van der Waals surface area (Å²) in [4.78, 5) is 23.0. The van der Waals surface area contributed by atoms with Crippen LogP contribution in [0.3, 0.4) is 0 Å². The molecule has 3 N–H and O–H groups in total. The Hall–Kier alpha value is -2.06. The van der Waals surface area contributed by atoms with Gasteiger partial charge in [0.1, 0.15) is 13.2 Å². The lowest BCUT2D eigenvalue weighted by atomic mass is 10.1. The van der Waals surface area contributed by atoms with Gasteiger partial charge in [0, 0.05) is 12.6 Å². The molecule has 8 heteroatoms. The number of likely N-dealkylation sites (tertiary alicyclic amines) is 1. The van der Waals surface area contributed by atoms with Gasteiger partial charge < -0.3 is 24.6 Å². The van der Waals surface area contributed by atoms with E-state index in [1.165, 1.54) is 11.0 Å². The number of aliphatic hydroxyl groups excluding tert-OH is 2. The number of carbonyl (C=O) groups is 2. The summed E-state index contributed by atoms with van der Waals surface area (Å²) in [5, 5.41) is 20.6. The number of β-amino-alcohol motifs (C(OH)–C–C–N with tert-alkyl or cyclic N) is 1. The van der Waals surface area contributed by atoms with E-state index in [1.54, 1.807) is 0 Å². The number of rotatable bonds is 4. The van der Waals surface area contributed by atoms with Crippen LogP contribution in [0.5, 0.6) is 0 Å². The number of ether oxygens (including phenoxy) is 2. The third-order valence-electron chi connectivity index (χ3n) is 3.07. The number of alkyl carbamates (subject to hydrolysis) is 1. The normalized spacial score (nSPS) is 23.3. The minimum atomic E-state index is -0.516. The number of nitrogens with zero attached hydrogens (tertiary/aromatic N) is 1. The van der Waals surface area contributed by atoms with Crippen molar-refractivity contribution in [3.63, 3.8) is 0 Å². The molecule has 124 valence electrons. The summed E-state index contributed by atoms with van der Waals surface area (Å²) in [6, 6.07) is -0.123. The van der Waals surface area contributed by atoms with Gasteiger partial charge in [-0.05, 0) is 12.8 Å². The molecule has 0 aromatic carbocycles.